The molecule has 2 aromatic carbocycles. The molecule has 4 rings (SSSR count). The standard InChI is InChI=1S/2C10H9NOS.Co/c2*1-7(12)6-10-11-8-4-2-3-5-9(8)13-10;/h2*2-6,12H,1H3;. The molecule has 1 radical (unpaired) electrons. The summed E-state index contributed by atoms with van der Waals surface area (Å²) in [7, 11) is 0. The Morgan fingerprint density at radius 2 is 1.11 bits per heavy atom. The van der Waals surface area contributed by atoms with Gasteiger partial charge in [0.15, 0.2) is 0 Å². The van der Waals surface area contributed by atoms with Gasteiger partial charge in [0, 0.05) is 28.9 Å². The normalized spacial score (nSPS) is 11.8. The summed E-state index contributed by atoms with van der Waals surface area (Å²) >= 11 is 3.16. The minimum Gasteiger partial charge on any atom is -0.513 e. The van der Waals surface area contributed by atoms with E-state index in [1.165, 1.54) is 0 Å². The maximum absolute atomic E-state index is 9.06. The van der Waals surface area contributed by atoms with Crippen LogP contribution in [0.15, 0.2) is 60.0 Å². The zero-order valence-corrected chi connectivity index (χ0v) is 17.4. The maximum atomic E-state index is 9.06. The van der Waals surface area contributed by atoms with E-state index >= 15 is 0 Å². The zero-order chi connectivity index (χ0) is 18.5. The third kappa shape index (κ3) is 5.90. The third-order valence-corrected chi connectivity index (χ3v) is 5.25. The number of para-hydroxylation sites is 2. The number of hydrogen-bond acceptors (Lipinski definition) is 6. The molecule has 2 heterocycles. The van der Waals surface area contributed by atoms with Crippen molar-refractivity contribution in [3.8, 4) is 0 Å². The molecule has 0 spiro atoms. The molecule has 0 atom stereocenters. The first-order chi connectivity index (χ1) is 12.5. The fourth-order valence-corrected chi connectivity index (χ4v) is 4.19. The molecular formula is C20H18CoN2O2S2. The molecule has 0 saturated heterocycles. The van der Waals surface area contributed by atoms with Crippen molar-refractivity contribution in [2.24, 2.45) is 0 Å². The Labute approximate surface area is 175 Å². The zero-order valence-electron chi connectivity index (χ0n) is 14.7. The van der Waals surface area contributed by atoms with E-state index in [2.05, 4.69) is 9.97 Å². The van der Waals surface area contributed by atoms with Crippen molar-refractivity contribution in [2.45, 2.75) is 13.8 Å². The van der Waals surface area contributed by atoms with Gasteiger partial charge in [-0.1, -0.05) is 24.3 Å². The number of aliphatic hydroxyl groups excluding tert-OH is 2. The molecule has 4 nitrogen and oxygen atoms in total. The Morgan fingerprint density at radius 3 is 1.44 bits per heavy atom. The summed E-state index contributed by atoms with van der Waals surface area (Å²) in [6.07, 6.45) is 3.34. The number of aliphatic hydroxyl groups is 2. The van der Waals surface area contributed by atoms with Crippen LogP contribution in [-0.2, 0) is 16.8 Å². The Kier molecular flexibility index (Phi) is 7.55. The summed E-state index contributed by atoms with van der Waals surface area (Å²) in [4.78, 5) is 8.67. The van der Waals surface area contributed by atoms with Crippen molar-refractivity contribution in [3.05, 3.63) is 70.1 Å². The van der Waals surface area contributed by atoms with Crippen LogP contribution in [0.4, 0.5) is 0 Å². The van der Waals surface area contributed by atoms with E-state index in [0.717, 1.165) is 30.4 Å². The molecule has 0 amide bonds. The predicted octanol–water partition coefficient (Wildman–Crippen LogP) is 6.43. The van der Waals surface area contributed by atoms with Gasteiger partial charge in [-0.25, -0.2) is 9.97 Å². The van der Waals surface area contributed by atoms with Crippen LogP contribution in [0.3, 0.4) is 0 Å². The monoisotopic (exact) mass is 441 g/mol. The van der Waals surface area contributed by atoms with E-state index < -0.39 is 0 Å². The SMILES string of the molecule is CC(O)=Cc1nc2ccccc2s1.CC(O)=Cc1nc2ccccc2s1.[Co]. The van der Waals surface area contributed by atoms with Crippen LogP contribution in [0.5, 0.6) is 0 Å². The number of rotatable bonds is 2. The van der Waals surface area contributed by atoms with Crippen LogP contribution in [0.2, 0.25) is 0 Å². The second-order valence-electron chi connectivity index (χ2n) is 5.61. The van der Waals surface area contributed by atoms with Gasteiger partial charge in [-0.3, -0.25) is 0 Å². The van der Waals surface area contributed by atoms with Crippen LogP contribution < -0.4 is 0 Å². The van der Waals surface area contributed by atoms with Gasteiger partial charge in [-0.05, 0) is 38.1 Å². The van der Waals surface area contributed by atoms with Crippen molar-refractivity contribution in [2.75, 3.05) is 0 Å². The second-order valence-corrected chi connectivity index (χ2v) is 7.74. The topological polar surface area (TPSA) is 66.2 Å². The number of nitrogens with zero attached hydrogens (tertiary/aromatic N) is 2. The van der Waals surface area contributed by atoms with E-state index in [1.54, 1.807) is 48.7 Å². The van der Waals surface area contributed by atoms with Crippen molar-refractivity contribution < 1.29 is 27.0 Å². The Balaban J connectivity index is 0.000000187. The van der Waals surface area contributed by atoms with Crippen molar-refractivity contribution in [3.63, 3.8) is 0 Å². The number of fused-ring (bicyclic) bond motifs is 2. The Bertz CT molecular complexity index is 937. The average molecular weight is 441 g/mol. The van der Waals surface area contributed by atoms with E-state index in [1.807, 2.05) is 48.5 Å². The molecule has 0 aliphatic rings. The van der Waals surface area contributed by atoms with Crippen LogP contribution in [0.1, 0.15) is 23.9 Å². The van der Waals surface area contributed by atoms with E-state index in [-0.39, 0.29) is 16.8 Å². The Morgan fingerprint density at radius 1 is 0.741 bits per heavy atom. The van der Waals surface area contributed by atoms with Crippen LogP contribution in [0.25, 0.3) is 32.6 Å². The molecule has 141 valence electrons. The minimum atomic E-state index is 0. The molecule has 0 fully saturated rings. The number of thiazole rings is 2. The van der Waals surface area contributed by atoms with Crippen molar-refractivity contribution in [1.82, 2.24) is 9.97 Å². The van der Waals surface area contributed by atoms with Crippen molar-refractivity contribution in [1.29, 1.82) is 0 Å². The molecule has 0 aliphatic carbocycles. The summed E-state index contributed by atoms with van der Waals surface area (Å²) in [6.45, 7) is 3.29. The molecule has 0 bridgehead atoms. The smallest absolute Gasteiger partial charge is 0.120 e. The van der Waals surface area contributed by atoms with Gasteiger partial charge in [0.1, 0.15) is 10.0 Å². The molecule has 7 heteroatoms. The van der Waals surface area contributed by atoms with E-state index in [9.17, 15) is 0 Å². The third-order valence-electron chi connectivity index (χ3n) is 3.29. The van der Waals surface area contributed by atoms with E-state index in [0.29, 0.717) is 11.5 Å². The van der Waals surface area contributed by atoms with Gasteiger partial charge >= 0.3 is 0 Å². The largest absolute Gasteiger partial charge is 0.513 e. The van der Waals surface area contributed by atoms with Crippen molar-refractivity contribution >= 4 is 55.3 Å². The quantitative estimate of drug-likeness (QED) is 0.352. The summed E-state index contributed by atoms with van der Waals surface area (Å²) in [5.41, 5.74) is 1.97. The molecule has 2 N–H and O–H groups in total. The molecular weight excluding hydrogens is 423 g/mol. The number of benzene rings is 2. The van der Waals surface area contributed by atoms with Crippen LogP contribution in [0, 0.1) is 0 Å². The van der Waals surface area contributed by atoms with Gasteiger partial charge in [-0.15, -0.1) is 22.7 Å². The number of hydrogen-bond donors (Lipinski definition) is 2. The van der Waals surface area contributed by atoms with Crippen LogP contribution in [-0.4, -0.2) is 20.2 Å². The summed E-state index contributed by atoms with van der Waals surface area (Å²) in [6, 6.07) is 15.9. The number of aromatic nitrogens is 2. The second kappa shape index (κ2) is 9.66. The van der Waals surface area contributed by atoms with Gasteiger partial charge < -0.3 is 10.2 Å². The first-order valence-corrected chi connectivity index (χ1v) is 9.60. The maximum Gasteiger partial charge on any atom is 0.120 e. The fourth-order valence-electron chi connectivity index (χ4n) is 2.26. The van der Waals surface area contributed by atoms with E-state index in [4.69, 9.17) is 10.2 Å². The van der Waals surface area contributed by atoms with Crippen LogP contribution >= 0.6 is 22.7 Å². The van der Waals surface area contributed by atoms with Gasteiger partial charge in [0.05, 0.1) is 32.0 Å². The molecule has 27 heavy (non-hydrogen) atoms. The van der Waals surface area contributed by atoms with Gasteiger partial charge in [0.25, 0.3) is 0 Å². The number of allylic oxidation sites excluding steroid dienone is 2. The van der Waals surface area contributed by atoms with Gasteiger partial charge in [-0.2, -0.15) is 0 Å². The summed E-state index contributed by atoms with van der Waals surface area (Å²) < 4.78 is 2.30. The molecule has 0 aliphatic heterocycles. The predicted molar refractivity (Wildman–Crippen MR) is 112 cm³/mol. The molecule has 0 saturated carbocycles. The first kappa shape index (κ1) is 21.1. The minimum absolute atomic E-state index is 0. The molecule has 2 aromatic heterocycles. The van der Waals surface area contributed by atoms with Gasteiger partial charge in [0.2, 0.25) is 0 Å². The first-order valence-electron chi connectivity index (χ1n) is 7.97. The molecule has 0 unspecified atom stereocenters. The summed E-state index contributed by atoms with van der Waals surface area (Å²) in [5, 5.41) is 19.8. The summed E-state index contributed by atoms with van der Waals surface area (Å²) in [5.74, 6) is 0.582. The average Bonchev–Trinajstić information content (AvgIpc) is 3.16. The molecule has 4 aromatic rings. The Hall–Kier alpha value is -2.19. The fraction of sp³-hybridized carbons (Fsp3) is 0.100.